The van der Waals surface area contributed by atoms with Crippen LogP contribution < -0.4 is 11.3 Å². The monoisotopic (exact) mass is 304 g/mol. The van der Waals surface area contributed by atoms with Gasteiger partial charge in [-0.05, 0) is 28.1 Å². The van der Waals surface area contributed by atoms with E-state index in [9.17, 15) is 0 Å². The van der Waals surface area contributed by atoms with Crippen molar-refractivity contribution in [2.45, 2.75) is 6.04 Å². The Morgan fingerprint density at radius 3 is 2.81 bits per heavy atom. The molecule has 0 saturated carbocycles. The number of hydrazine groups is 1. The van der Waals surface area contributed by atoms with Crippen molar-refractivity contribution in [3.05, 3.63) is 39.5 Å². The third-order valence-electron chi connectivity index (χ3n) is 2.26. The molecule has 0 amide bonds. The Labute approximate surface area is 106 Å². The molecule has 0 aliphatic carbocycles. The van der Waals surface area contributed by atoms with Crippen LogP contribution in [0.25, 0.3) is 0 Å². The molecule has 0 aromatic carbocycles. The van der Waals surface area contributed by atoms with Gasteiger partial charge >= 0.3 is 0 Å². The lowest BCUT2D eigenvalue weighted by Gasteiger charge is -2.14. The average molecular weight is 306 g/mol. The molecule has 0 saturated heterocycles. The second kappa shape index (κ2) is 4.58. The molecule has 2 heterocycles. The molecule has 0 bridgehead atoms. The lowest BCUT2D eigenvalue weighted by atomic mass is 10.1. The number of rotatable bonds is 3. The van der Waals surface area contributed by atoms with Gasteiger partial charge in [0.15, 0.2) is 4.67 Å². The van der Waals surface area contributed by atoms with Crippen molar-refractivity contribution < 1.29 is 4.42 Å². The highest BCUT2D eigenvalue weighted by molar-refractivity contribution is 9.10. The van der Waals surface area contributed by atoms with Crippen molar-refractivity contribution in [3.8, 4) is 0 Å². The largest absolute Gasteiger partial charge is 0.452 e. The topological polar surface area (TPSA) is 69.0 Å². The van der Waals surface area contributed by atoms with Gasteiger partial charge in [0.1, 0.15) is 11.8 Å². The second-order valence-corrected chi connectivity index (χ2v) is 4.43. The van der Waals surface area contributed by atoms with Crippen LogP contribution in [-0.4, -0.2) is 9.78 Å². The van der Waals surface area contributed by atoms with Crippen molar-refractivity contribution in [3.63, 3.8) is 0 Å². The van der Waals surface area contributed by atoms with Gasteiger partial charge in [-0.1, -0.05) is 11.6 Å². The Balaban J connectivity index is 2.44. The zero-order valence-electron chi connectivity index (χ0n) is 8.45. The van der Waals surface area contributed by atoms with Crippen molar-refractivity contribution in [2.24, 2.45) is 12.9 Å². The maximum Gasteiger partial charge on any atom is 0.169 e. The summed E-state index contributed by atoms with van der Waals surface area (Å²) in [7, 11) is 1.80. The lowest BCUT2D eigenvalue weighted by Crippen LogP contribution is -2.30. The molecule has 0 aliphatic heterocycles. The molecule has 2 rings (SSSR count). The van der Waals surface area contributed by atoms with Gasteiger partial charge in [0.05, 0.1) is 16.9 Å². The number of hydrogen-bond acceptors (Lipinski definition) is 4. The molecule has 0 spiro atoms. The van der Waals surface area contributed by atoms with E-state index >= 15 is 0 Å². The van der Waals surface area contributed by atoms with E-state index in [-0.39, 0.29) is 6.04 Å². The Hall–Kier alpha value is -0.820. The predicted molar refractivity (Wildman–Crippen MR) is 63.8 cm³/mol. The molecular weight excluding hydrogens is 295 g/mol. The summed E-state index contributed by atoms with van der Waals surface area (Å²) in [6.07, 6.45) is 1.57. The fourth-order valence-corrected chi connectivity index (χ4v) is 2.12. The smallest absolute Gasteiger partial charge is 0.169 e. The molecule has 3 N–H and O–H groups in total. The Morgan fingerprint density at radius 1 is 1.62 bits per heavy atom. The summed E-state index contributed by atoms with van der Waals surface area (Å²) in [6, 6.07) is 3.29. The van der Waals surface area contributed by atoms with Gasteiger partial charge in [0, 0.05) is 7.05 Å². The summed E-state index contributed by atoms with van der Waals surface area (Å²) in [6.45, 7) is 0. The van der Waals surface area contributed by atoms with Gasteiger partial charge in [0.25, 0.3) is 0 Å². The normalized spacial score (nSPS) is 13.0. The molecule has 0 aliphatic rings. The van der Waals surface area contributed by atoms with Gasteiger partial charge in [0.2, 0.25) is 0 Å². The van der Waals surface area contributed by atoms with Gasteiger partial charge in [-0.2, -0.15) is 5.10 Å². The number of nitrogens with one attached hydrogen (secondary N) is 1. The zero-order valence-corrected chi connectivity index (χ0v) is 10.8. The molecule has 86 valence electrons. The maximum absolute atomic E-state index is 6.04. The first-order valence-electron chi connectivity index (χ1n) is 4.52. The van der Waals surface area contributed by atoms with Crippen LogP contribution in [-0.2, 0) is 7.05 Å². The highest BCUT2D eigenvalue weighted by atomic mass is 79.9. The third-order valence-corrected chi connectivity index (χ3v) is 2.97. The second-order valence-electron chi connectivity index (χ2n) is 3.24. The van der Waals surface area contributed by atoms with Crippen molar-refractivity contribution in [1.82, 2.24) is 15.2 Å². The van der Waals surface area contributed by atoms with Crippen LogP contribution in [0.1, 0.15) is 17.5 Å². The Morgan fingerprint density at radius 2 is 2.38 bits per heavy atom. The minimum Gasteiger partial charge on any atom is -0.452 e. The van der Waals surface area contributed by atoms with E-state index in [4.69, 9.17) is 21.9 Å². The first-order valence-corrected chi connectivity index (χ1v) is 5.69. The van der Waals surface area contributed by atoms with Gasteiger partial charge in [-0.25, -0.2) is 5.43 Å². The summed E-state index contributed by atoms with van der Waals surface area (Å²) in [4.78, 5) is 0. The Bertz CT molecular complexity index is 476. The molecule has 1 unspecified atom stereocenters. The van der Waals surface area contributed by atoms with Crippen LogP contribution in [0.3, 0.4) is 0 Å². The fourth-order valence-electron chi connectivity index (χ4n) is 1.52. The summed E-state index contributed by atoms with van der Waals surface area (Å²) in [5.74, 6) is 6.18. The minimum atomic E-state index is -0.328. The maximum atomic E-state index is 6.04. The van der Waals surface area contributed by atoms with E-state index in [1.807, 2.05) is 6.07 Å². The van der Waals surface area contributed by atoms with Crippen molar-refractivity contribution in [2.75, 3.05) is 0 Å². The molecule has 1 atom stereocenters. The van der Waals surface area contributed by atoms with E-state index in [0.29, 0.717) is 15.5 Å². The van der Waals surface area contributed by atoms with E-state index in [1.54, 1.807) is 24.0 Å². The molecule has 7 heteroatoms. The lowest BCUT2D eigenvalue weighted by molar-refractivity contribution is 0.425. The standard InChI is InChI=1S/C9H10BrClN4O/c1-15-9(5(11)4-13-15)8(14-12)6-2-3-7(10)16-6/h2-4,8,14H,12H2,1H3. The van der Waals surface area contributed by atoms with Crippen LogP contribution in [0, 0.1) is 0 Å². The quantitative estimate of drug-likeness (QED) is 0.672. The highest BCUT2D eigenvalue weighted by Gasteiger charge is 2.22. The average Bonchev–Trinajstić information content (AvgIpc) is 2.80. The summed E-state index contributed by atoms with van der Waals surface area (Å²) >= 11 is 9.28. The summed E-state index contributed by atoms with van der Waals surface area (Å²) in [5, 5.41) is 4.59. The number of aromatic nitrogens is 2. The molecule has 2 aromatic heterocycles. The molecule has 0 fully saturated rings. The summed E-state index contributed by atoms with van der Waals surface area (Å²) in [5.41, 5.74) is 3.41. The highest BCUT2D eigenvalue weighted by Crippen LogP contribution is 2.29. The van der Waals surface area contributed by atoms with Crippen molar-refractivity contribution in [1.29, 1.82) is 0 Å². The van der Waals surface area contributed by atoms with Crippen LogP contribution in [0.15, 0.2) is 27.4 Å². The molecule has 5 nitrogen and oxygen atoms in total. The van der Waals surface area contributed by atoms with Crippen LogP contribution in [0.4, 0.5) is 0 Å². The molecular formula is C9H10BrClN4O. The van der Waals surface area contributed by atoms with Crippen LogP contribution >= 0.6 is 27.5 Å². The fraction of sp³-hybridized carbons (Fsp3) is 0.222. The van der Waals surface area contributed by atoms with Gasteiger partial charge in [-0.15, -0.1) is 0 Å². The van der Waals surface area contributed by atoms with Crippen LogP contribution in [0.2, 0.25) is 5.02 Å². The van der Waals surface area contributed by atoms with E-state index < -0.39 is 0 Å². The van der Waals surface area contributed by atoms with Gasteiger partial charge in [-0.3, -0.25) is 10.5 Å². The van der Waals surface area contributed by atoms with E-state index in [2.05, 4.69) is 26.5 Å². The number of nitrogens with two attached hydrogens (primary N) is 1. The first kappa shape index (κ1) is 11.7. The number of furan rings is 1. The number of hydrogen-bond donors (Lipinski definition) is 2. The summed E-state index contributed by atoms with van der Waals surface area (Å²) < 4.78 is 7.74. The van der Waals surface area contributed by atoms with E-state index in [1.165, 1.54) is 0 Å². The molecule has 0 radical (unpaired) electrons. The third kappa shape index (κ3) is 2.01. The SMILES string of the molecule is Cn1ncc(Cl)c1C(NN)c1ccc(Br)o1. The zero-order chi connectivity index (χ0) is 11.7. The molecule has 2 aromatic rings. The van der Waals surface area contributed by atoms with Gasteiger partial charge < -0.3 is 4.42 Å². The number of nitrogens with zero attached hydrogens (tertiary/aromatic N) is 2. The number of aryl methyl sites for hydroxylation is 1. The first-order chi connectivity index (χ1) is 7.63. The Kier molecular flexibility index (Phi) is 3.34. The minimum absolute atomic E-state index is 0.328. The predicted octanol–water partition coefficient (Wildman–Crippen LogP) is 1.98. The number of halogens is 2. The molecule has 16 heavy (non-hydrogen) atoms. The van der Waals surface area contributed by atoms with E-state index in [0.717, 1.165) is 5.69 Å². The van der Waals surface area contributed by atoms with Crippen LogP contribution in [0.5, 0.6) is 0 Å². The van der Waals surface area contributed by atoms with Crippen molar-refractivity contribution >= 4 is 27.5 Å².